The van der Waals surface area contributed by atoms with Crippen LogP contribution in [0.4, 0.5) is 4.79 Å². The van der Waals surface area contributed by atoms with Gasteiger partial charge in [0.25, 0.3) is 0 Å². The zero-order valence-electron chi connectivity index (χ0n) is 28.0. The number of aromatic nitrogens is 1. The molecule has 2 heterocycles. The molecule has 1 aliphatic rings. The minimum Gasteiger partial charge on any atom is -0.492 e. The van der Waals surface area contributed by atoms with Gasteiger partial charge in [-0.1, -0.05) is 90.4 Å². The predicted octanol–water partition coefficient (Wildman–Crippen LogP) is 9.42. The van der Waals surface area contributed by atoms with Crippen molar-refractivity contribution in [3.05, 3.63) is 34.4 Å². The largest absolute Gasteiger partial charge is 0.534 e. The number of ether oxygens (including phenoxy) is 3. The minimum atomic E-state index is -1.06. The lowest BCUT2D eigenvalue weighted by molar-refractivity contribution is 0.0286. The van der Waals surface area contributed by atoms with E-state index in [1.165, 1.54) is 108 Å². The van der Waals surface area contributed by atoms with Crippen molar-refractivity contribution in [3.8, 4) is 23.3 Å². The maximum atomic E-state index is 11.9. The van der Waals surface area contributed by atoms with Gasteiger partial charge in [-0.25, -0.2) is 4.79 Å². The number of carbonyl (C=O) groups is 1. The van der Waals surface area contributed by atoms with Gasteiger partial charge in [-0.2, -0.15) is 0 Å². The molecule has 0 spiro atoms. The molecule has 0 saturated heterocycles. The number of nitrogens with zero attached hydrogens (tertiary/aromatic N) is 1. The molecule has 1 atom stereocenters. The molecular weight excluding hydrogens is 558 g/mol. The van der Waals surface area contributed by atoms with Crippen LogP contribution in [-0.2, 0) is 11.2 Å². The number of rotatable bonds is 20. The second-order valence-corrected chi connectivity index (χ2v) is 12.8. The molecule has 0 saturated carbocycles. The van der Waals surface area contributed by atoms with Crippen molar-refractivity contribution in [2.24, 2.45) is 0 Å². The molecular formula is C36H57NO7. The van der Waals surface area contributed by atoms with Crippen molar-refractivity contribution in [2.75, 3.05) is 13.2 Å². The van der Waals surface area contributed by atoms with Crippen LogP contribution in [0.15, 0.2) is 12.1 Å². The molecule has 0 aliphatic carbocycles. The van der Waals surface area contributed by atoms with Crippen LogP contribution in [0.1, 0.15) is 139 Å². The van der Waals surface area contributed by atoms with Crippen LogP contribution in [-0.4, -0.2) is 39.9 Å². The second-order valence-electron chi connectivity index (χ2n) is 12.8. The van der Waals surface area contributed by atoms with Crippen molar-refractivity contribution in [1.29, 1.82) is 0 Å². The van der Waals surface area contributed by atoms with Crippen molar-refractivity contribution < 1.29 is 34.1 Å². The minimum absolute atomic E-state index is 0.0512. The van der Waals surface area contributed by atoms with Gasteiger partial charge >= 0.3 is 6.16 Å². The third-order valence-electron chi connectivity index (χ3n) is 9.14. The molecule has 44 heavy (non-hydrogen) atoms. The first-order chi connectivity index (χ1) is 21.2. The zero-order valence-corrected chi connectivity index (χ0v) is 28.0. The van der Waals surface area contributed by atoms with Crippen LogP contribution in [0.25, 0.3) is 0 Å². The van der Waals surface area contributed by atoms with Crippen LogP contribution in [0.2, 0.25) is 0 Å². The smallest absolute Gasteiger partial charge is 0.492 e. The Morgan fingerprint density at radius 2 is 1.36 bits per heavy atom. The summed E-state index contributed by atoms with van der Waals surface area (Å²) >= 11 is 0. The van der Waals surface area contributed by atoms with Crippen LogP contribution < -0.4 is 14.3 Å². The summed E-state index contributed by atoms with van der Waals surface area (Å²) in [6.45, 7) is 10.8. The molecule has 1 unspecified atom stereocenters. The number of carbonyl (C=O) groups excluding carboxylic acids is 1. The molecule has 1 aliphatic heterocycles. The SMILES string of the molecule is CCCCCCCCCCCCCCCCC1(C)CCc2c(C)c(OCCOC(=O)On3c(O)ccc3O)c(C)c(C)c2O1. The molecule has 2 N–H and O–H groups in total. The Morgan fingerprint density at radius 1 is 0.818 bits per heavy atom. The van der Waals surface area contributed by atoms with Gasteiger partial charge in [0.2, 0.25) is 11.8 Å². The monoisotopic (exact) mass is 615 g/mol. The molecule has 0 amide bonds. The highest BCUT2D eigenvalue weighted by Crippen LogP contribution is 2.45. The Morgan fingerprint density at radius 3 is 1.93 bits per heavy atom. The molecule has 8 nitrogen and oxygen atoms in total. The summed E-state index contributed by atoms with van der Waals surface area (Å²) in [5, 5.41) is 19.2. The first kappa shape index (κ1) is 35.4. The number of hydrogen-bond acceptors (Lipinski definition) is 7. The quantitative estimate of drug-likeness (QED) is 0.113. The van der Waals surface area contributed by atoms with E-state index >= 15 is 0 Å². The van der Waals surface area contributed by atoms with E-state index in [0.717, 1.165) is 47.5 Å². The van der Waals surface area contributed by atoms with Crippen molar-refractivity contribution in [1.82, 2.24) is 4.73 Å². The Balaban J connectivity index is 1.36. The van der Waals surface area contributed by atoms with Gasteiger partial charge in [-0.05, 0) is 70.1 Å². The van der Waals surface area contributed by atoms with E-state index in [-0.39, 0.29) is 18.8 Å². The standard InChI is InChI=1S/C36H57NO7/c1-6-7-8-9-10-11-12-13-14-15-16-17-18-19-23-36(5)24-22-30-29(4)33(27(2)28(3)34(30)43-36)41-25-26-42-35(40)44-37-31(38)20-21-32(37)39/h20-21,38-39H,6-19,22-26H2,1-5H3. The van der Waals surface area contributed by atoms with E-state index in [1.807, 2.05) is 6.92 Å². The average Bonchev–Trinajstić information content (AvgIpc) is 3.31. The summed E-state index contributed by atoms with van der Waals surface area (Å²) in [4.78, 5) is 16.7. The highest BCUT2D eigenvalue weighted by molar-refractivity contribution is 5.61. The van der Waals surface area contributed by atoms with Gasteiger partial charge in [0.15, 0.2) is 0 Å². The Labute approximate surface area is 265 Å². The summed E-state index contributed by atoms with van der Waals surface area (Å²) in [7, 11) is 0. The topological polar surface area (TPSA) is 99.4 Å². The van der Waals surface area contributed by atoms with Gasteiger partial charge < -0.3 is 24.4 Å². The molecule has 2 aromatic rings. The van der Waals surface area contributed by atoms with E-state index < -0.39 is 17.9 Å². The van der Waals surface area contributed by atoms with Crippen LogP contribution in [0, 0.1) is 20.8 Å². The zero-order chi connectivity index (χ0) is 32.0. The molecule has 8 heteroatoms. The lowest BCUT2D eigenvalue weighted by atomic mass is 9.84. The third-order valence-corrected chi connectivity index (χ3v) is 9.14. The summed E-state index contributed by atoms with van der Waals surface area (Å²) in [5.41, 5.74) is 4.22. The molecule has 0 fully saturated rings. The lowest BCUT2D eigenvalue weighted by Crippen LogP contribution is -2.37. The fourth-order valence-corrected chi connectivity index (χ4v) is 6.23. The number of benzene rings is 1. The number of fused-ring (bicyclic) bond motifs is 1. The van der Waals surface area contributed by atoms with Gasteiger partial charge in [0.1, 0.15) is 30.3 Å². The van der Waals surface area contributed by atoms with Crippen molar-refractivity contribution in [2.45, 2.75) is 149 Å². The van der Waals surface area contributed by atoms with Crippen LogP contribution in [0.5, 0.6) is 23.3 Å². The fourth-order valence-electron chi connectivity index (χ4n) is 6.23. The second kappa shape index (κ2) is 18.1. The van der Waals surface area contributed by atoms with Gasteiger partial charge in [-0.3, -0.25) is 4.84 Å². The average molecular weight is 616 g/mol. The molecule has 0 radical (unpaired) electrons. The van der Waals surface area contributed by atoms with E-state index in [1.54, 1.807) is 0 Å². The van der Waals surface area contributed by atoms with Crippen LogP contribution >= 0.6 is 0 Å². The van der Waals surface area contributed by atoms with Gasteiger partial charge in [-0.15, -0.1) is 4.73 Å². The van der Waals surface area contributed by atoms with E-state index in [2.05, 4.69) is 27.7 Å². The highest BCUT2D eigenvalue weighted by atomic mass is 16.8. The lowest BCUT2D eigenvalue weighted by Gasteiger charge is -2.38. The maximum absolute atomic E-state index is 11.9. The van der Waals surface area contributed by atoms with Crippen molar-refractivity contribution >= 4 is 6.16 Å². The molecule has 0 bridgehead atoms. The fraction of sp³-hybridized carbons (Fsp3) is 0.694. The normalized spacial score (nSPS) is 15.9. The first-order valence-electron chi connectivity index (χ1n) is 17.1. The summed E-state index contributed by atoms with van der Waals surface area (Å²) in [5.74, 6) is 0.962. The highest BCUT2D eigenvalue weighted by Gasteiger charge is 2.34. The predicted molar refractivity (Wildman–Crippen MR) is 174 cm³/mol. The number of unbranched alkanes of at least 4 members (excludes halogenated alkanes) is 13. The van der Waals surface area contributed by atoms with E-state index in [4.69, 9.17) is 19.0 Å². The Bertz CT molecular complexity index is 1150. The Hall–Kier alpha value is -3.03. The molecule has 248 valence electrons. The van der Waals surface area contributed by atoms with Crippen molar-refractivity contribution in [3.63, 3.8) is 0 Å². The first-order valence-corrected chi connectivity index (χ1v) is 17.1. The third kappa shape index (κ3) is 10.6. The molecule has 1 aromatic carbocycles. The summed E-state index contributed by atoms with van der Waals surface area (Å²) in [6.07, 6.45) is 21.1. The maximum Gasteiger partial charge on any atom is 0.534 e. The van der Waals surface area contributed by atoms with E-state index in [9.17, 15) is 15.0 Å². The Kier molecular flexibility index (Phi) is 14.6. The van der Waals surface area contributed by atoms with Gasteiger partial charge in [0.05, 0.1) is 0 Å². The number of hydrogen-bond donors (Lipinski definition) is 2. The molecule has 3 rings (SSSR count). The van der Waals surface area contributed by atoms with E-state index in [0.29, 0.717) is 4.73 Å². The van der Waals surface area contributed by atoms with Crippen LogP contribution in [0.3, 0.4) is 0 Å². The summed E-state index contributed by atoms with van der Waals surface area (Å²) in [6, 6.07) is 2.39. The van der Waals surface area contributed by atoms with Gasteiger partial charge in [0, 0.05) is 17.7 Å². The molecule has 1 aromatic heterocycles. The number of aromatic hydroxyl groups is 2. The summed E-state index contributed by atoms with van der Waals surface area (Å²) < 4.78 is 18.4.